The van der Waals surface area contributed by atoms with Crippen molar-refractivity contribution in [3.63, 3.8) is 0 Å². The fourth-order valence-corrected chi connectivity index (χ4v) is 2.34. The first kappa shape index (κ1) is 15.0. The van der Waals surface area contributed by atoms with E-state index >= 15 is 0 Å². The molecule has 0 aliphatic heterocycles. The Labute approximate surface area is 135 Å². The number of benzene rings is 2. The zero-order chi connectivity index (χ0) is 16.1. The van der Waals surface area contributed by atoms with E-state index < -0.39 is 0 Å². The minimum absolute atomic E-state index is 0.0457. The molecular formula is C19H18N2O2. The molecule has 1 N–H and O–H groups in total. The van der Waals surface area contributed by atoms with Crippen LogP contribution in [0.3, 0.4) is 0 Å². The van der Waals surface area contributed by atoms with E-state index in [-0.39, 0.29) is 18.4 Å². The van der Waals surface area contributed by atoms with Gasteiger partial charge in [-0.1, -0.05) is 60.7 Å². The fourth-order valence-electron chi connectivity index (χ4n) is 2.34. The Hall–Kier alpha value is -2.88. The first-order valence-electron chi connectivity index (χ1n) is 7.57. The topological polar surface area (TPSA) is 55.1 Å². The van der Waals surface area contributed by atoms with Crippen molar-refractivity contribution in [2.45, 2.75) is 19.4 Å². The van der Waals surface area contributed by atoms with Gasteiger partial charge in [-0.05, 0) is 12.5 Å². The van der Waals surface area contributed by atoms with E-state index in [1.165, 1.54) is 0 Å². The number of carbonyl (C=O) groups excluding carboxylic acids is 1. The molecule has 1 unspecified atom stereocenters. The molecule has 0 spiro atoms. The van der Waals surface area contributed by atoms with Crippen LogP contribution in [0.5, 0.6) is 0 Å². The highest BCUT2D eigenvalue weighted by Gasteiger charge is 2.15. The van der Waals surface area contributed by atoms with Crippen LogP contribution in [0.4, 0.5) is 0 Å². The number of nitrogens with zero attached hydrogens (tertiary/aromatic N) is 1. The van der Waals surface area contributed by atoms with Crippen LogP contribution in [-0.2, 0) is 11.3 Å². The summed E-state index contributed by atoms with van der Waals surface area (Å²) in [5.41, 5.74) is 1.96. The second-order valence-electron chi connectivity index (χ2n) is 5.33. The Kier molecular flexibility index (Phi) is 4.52. The first-order valence-corrected chi connectivity index (χ1v) is 7.57. The van der Waals surface area contributed by atoms with Gasteiger partial charge in [-0.3, -0.25) is 4.79 Å². The largest absolute Gasteiger partial charge is 0.439 e. The molecule has 0 fully saturated rings. The van der Waals surface area contributed by atoms with Crippen molar-refractivity contribution in [1.82, 2.24) is 10.3 Å². The van der Waals surface area contributed by atoms with Gasteiger partial charge in [0, 0.05) is 5.56 Å². The number of nitrogens with one attached hydrogen (secondary N) is 1. The third-order valence-corrected chi connectivity index (χ3v) is 3.72. The lowest BCUT2D eigenvalue weighted by Gasteiger charge is -2.11. The summed E-state index contributed by atoms with van der Waals surface area (Å²) in [5, 5.41) is 2.87. The molecule has 1 aromatic heterocycles. The van der Waals surface area contributed by atoms with Crippen molar-refractivity contribution in [3.05, 3.63) is 78.3 Å². The van der Waals surface area contributed by atoms with Gasteiger partial charge in [0.05, 0.1) is 18.7 Å². The molecular weight excluding hydrogens is 288 g/mol. The lowest BCUT2D eigenvalue weighted by atomic mass is 10.0. The molecule has 4 heteroatoms. The highest BCUT2D eigenvalue weighted by molar-refractivity contribution is 5.83. The molecule has 0 aliphatic rings. The summed E-state index contributed by atoms with van der Waals surface area (Å²) < 4.78 is 5.68. The molecule has 0 saturated heterocycles. The van der Waals surface area contributed by atoms with Gasteiger partial charge in [-0.2, -0.15) is 0 Å². The number of hydrogen-bond donors (Lipinski definition) is 1. The lowest BCUT2D eigenvalue weighted by Crippen LogP contribution is -2.27. The number of hydrogen-bond acceptors (Lipinski definition) is 3. The van der Waals surface area contributed by atoms with Crippen molar-refractivity contribution in [3.8, 4) is 11.3 Å². The highest BCUT2D eigenvalue weighted by Crippen LogP contribution is 2.20. The maximum Gasteiger partial charge on any atom is 0.227 e. The van der Waals surface area contributed by atoms with Gasteiger partial charge in [0.1, 0.15) is 0 Å². The smallest absolute Gasteiger partial charge is 0.227 e. The van der Waals surface area contributed by atoms with E-state index in [4.69, 9.17) is 4.42 Å². The third kappa shape index (κ3) is 3.66. The van der Waals surface area contributed by atoms with Gasteiger partial charge in [-0.15, -0.1) is 0 Å². The monoisotopic (exact) mass is 306 g/mol. The predicted octanol–water partition coefficient (Wildman–Crippen LogP) is 3.76. The summed E-state index contributed by atoms with van der Waals surface area (Å²) in [6, 6.07) is 19.4. The molecule has 0 bridgehead atoms. The minimum Gasteiger partial charge on any atom is -0.439 e. The Balaban J connectivity index is 1.61. The van der Waals surface area contributed by atoms with E-state index in [9.17, 15) is 4.79 Å². The van der Waals surface area contributed by atoms with Gasteiger partial charge in [0.15, 0.2) is 5.76 Å². The Morgan fingerprint density at radius 2 is 1.74 bits per heavy atom. The predicted molar refractivity (Wildman–Crippen MR) is 88.6 cm³/mol. The van der Waals surface area contributed by atoms with Crippen LogP contribution in [0.25, 0.3) is 11.3 Å². The molecule has 23 heavy (non-hydrogen) atoms. The summed E-state index contributed by atoms with van der Waals surface area (Å²) in [4.78, 5) is 16.4. The maximum atomic E-state index is 12.2. The number of carbonyl (C=O) groups is 1. The fraction of sp³-hybridized carbons (Fsp3) is 0.158. The lowest BCUT2D eigenvalue weighted by molar-refractivity contribution is -0.122. The maximum absolute atomic E-state index is 12.2. The van der Waals surface area contributed by atoms with Gasteiger partial charge < -0.3 is 9.73 Å². The zero-order valence-electron chi connectivity index (χ0n) is 12.9. The van der Waals surface area contributed by atoms with Crippen molar-refractivity contribution < 1.29 is 9.21 Å². The van der Waals surface area contributed by atoms with Crippen molar-refractivity contribution >= 4 is 5.91 Å². The van der Waals surface area contributed by atoms with Crippen LogP contribution < -0.4 is 5.32 Å². The molecule has 116 valence electrons. The Morgan fingerprint density at radius 3 is 2.43 bits per heavy atom. The molecule has 1 amide bonds. The highest BCUT2D eigenvalue weighted by atomic mass is 16.4. The molecule has 2 aromatic carbocycles. The number of oxazole rings is 1. The second-order valence-corrected chi connectivity index (χ2v) is 5.33. The zero-order valence-corrected chi connectivity index (χ0v) is 12.9. The molecule has 3 aromatic rings. The van der Waals surface area contributed by atoms with E-state index in [1.807, 2.05) is 67.6 Å². The molecule has 0 aliphatic carbocycles. The van der Waals surface area contributed by atoms with Crippen LogP contribution in [0.2, 0.25) is 0 Å². The summed E-state index contributed by atoms with van der Waals surface area (Å²) in [6.07, 6.45) is 1.68. The van der Waals surface area contributed by atoms with Crippen molar-refractivity contribution in [2.24, 2.45) is 0 Å². The van der Waals surface area contributed by atoms with Gasteiger partial charge in [-0.25, -0.2) is 4.98 Å². The van der Waals surface area contributed by atoms with Crippen molar-refractivity contribution in [2.75, 3.05) is 0 Å². The SMILES string of the molecule is CC(C(=O)NCc1ncc(-c2ccccc2)o1)c1ccccc1. The van der Waals surface area contributed by atoms with Crippen LogP contribution in [0.15, 0.2) is 71.3 Å². The summed E-state index contributed by atoms with van der Waals surface area (Å²) >= 11 is 0. The van der Waals surface area contributed by atoms with E-state index in [2.05, 4.69) is 10.3 Å². The quantitative estimate of drug-likeness (QED) is 0.781. The van der Waals surface area contributed by atoms with Crippen LogP contribution in [0, 0.1) is 0 Å². The number of aromatic nitrogens is 1. The van der Waals surface area contributed by atoms with Gasteiger partial charge >= 0.3 is 0 Å². The standard InChI is InChI=1S/C19H18N2O2/c1-14(15-8-4-2-5-9-15)19(22)21-13-18-20-12-17(23-18)16-10-6-3-7-11-16/h2-12,14H,13H2,1H3,(H,21,22). The normalized spacial score (nSPS) is 11.9. The number of amides is 1. The first-order chi connectivity index (χ1) is 11.2. The molecule has 1 heterocycles. The average Bonchev–Trinajstić information content (AvgIpc) is 3.09. The van der Waals surface area contributed by atoms with Crippen LogP contribution in [0.1, 0.15) is 24.3 Å². The van der Waals surface area contributed by atoms with Crippen LogP contribution >= 0.6 is 0 Å². The molecule has 4 nitrogen and oxygen atoms in total. The van der Waals surface area contributed by atoms with E-state index in [0.717, 1.165) is 11.1 Å². The molecule has 3 rings (SSSR count). The Morgan fingerprint density at radius 1 is 1.09 bits per heavy atom. The molecule has 0 radical (unpaired) electrons. The number of rotatable bonds is 5. The van der Waals surface area contributed by atoms with Gasteiger partial charge in [0.2, 0.25) is 11.8 Å². The van der Waals surface area contributed by atoms with E-state index in [0.29, 0.717) is 11.7 Å². The minimum atomic E-state index is -0.209. The van der Waals surface area contributed by atoms with E-state index in [1.54, 1.807) is 6.20 Å². The molecule has 1 atom stereocenters. The van der Waals surface area contributed by atoms with Crippen LogP contribution in [-0.4, -0.2) is 10.9 Å². The third-order valence-electron chi connectivity index (χ3n) is 3.72. The Bertz CT molecular complexity index is 766. The second kappa shape index (κ2) is 6.92. The average molecular weight is 306 g/mol. The summed E-state index contributed by atoms with van der Waals surface area (Å²) in [6.45, 7) is 2.17. The summed E-state index contributed by atoms with van der Waals surface area (Å²) in [5.74, 6) is 0.943. The van der Waals surface area contributed by atoms with Gasteiger partial charge in [0.25, 0.3) is 0 Å². The summed E-state index contributed by atoms with van der Waals surface area (Å²) in [7, 11) is 0. The van der Waals surface area contributed by atoms with Crippen molar-refractivity contribution in [1.29, 1.82) is 0 Å². The molecule has 0 saturated carbocycles.